The maximum Gasteiger partial charge on any atom is 0.357 e. The average Bonchev–Trinajstić information content (AvgIpc) is 3.13. The van der Waals surface area contributed by atoms with Gasteiger partial charge in [0.15, 0.2) is 0 Å². The summed E-state index contributed by atoms with van der Waals surface area (Å²) < 4.78 is 13.0. The van der Waals surface area contributed by atoms with Crippen molar-refractivity contribution in [2.75, 3.05) is 0 Å². The first-order valence-electron chi connectivity index (χ1n) is 10.3. The lowest BCUT2D eigenvalue weighted by Crippen LogP contribution is -2.24. The highest BCUT2D eigenvalue weighted by molar-refractivity contribution is 9.10. The van der Waals surface area contributed by atoms with Gasteiger partial charge in [-0.3, -0.25) is 4.68 Å². The van der Waals surface area contributed by atoms with Gasteiger partial charge < -0.3 is 9.47 Å². The average molecular weight is 517 g/mol. The van der Waals surface area contributed by atoms with Crippen LogP contribution in [-0.2, 0) is 16.5 Å². The van der Waals surface area contributed by atoms with Crippen LogP contribution in [-0.4, -0.2) is 42.9 Å². The van der Waals surface area contributed by atoms with Gasteiger partial charge >= 0.3 is 11.9 Å². The van der Waals surface area contributed by atoms with E-state index in [0.29, 0.717) is 11.4 Å². The Morgan fingerprint density at radius 2 is 1.30 bits per heavy atom. The van der Waals surface area contributed by atoms with E-state index in [0.717, 1.165) is 15.6 Å². The molecule has 0 aliphatic carbocycles. The minimum absolute atomic E-state index is 0.308. The molecule has 3 aromatic rings. The number of hydrogen-bond donors (Lipinski definition) is 0. The number of aryl methyl sites for hydroxylation is 1. The molecule has 176 valence electrons. The number of aromatic nitrogens is 4. The van der Waals surface area contributed by atoms with Crippen LogP contribution in [0.3, 0.4) is 0 Å². The molecule has 3 rings (SSSR count). The van der Waals surface area contributed by atoms with E-state index >= 15 is 0 Å². The van der Waals surface area contributed by atoms with Gasteiger partial charge in [-0.25, -0.2) is 19.6 Å². The van der Waals surface area contributed by atoms with Crippen LogP contribution in [0.2, 0.25) is 0 Å². The molecule has 3 heterocycles. The van der Waals surface area contributed by atoms with E-state index in [2.05, 4.69) is 31.0 Å². The van der Waals surface area contributed by atoms with Crippen LogP contribution in [0.4, 0.5) is 0 Å². The van der Waals surface area contributed by atoms with Crippen molar-refractivity contribution in [3.63, 3.8) is 0 Å². The molecule has 0 bridgehead atoms. The summed E-state index contributed by atoms with van der Waals surface area (Å²) in [4.78, 5) is 31.4. The molecule has 0 amide bonds. The first-order chi connectivity index (χ1) is 15.2. The molecule has 0 spiro atoms. The summed E-state index contributed by atoms with van der Waals surface area (Å²) >= 11 is 3.24. The van der Waals surface area contributed by atoms with Gasteiger partial charge in [-0.1, -0.05) is 6.07 Å². The zero-order chi connectivity index (χ0) is 24.8. The van der Waals surface area contributed by atoms with E-state index < -0.39 is 23.1 Å². The minimum atomic E-state index is -0.513. The molecule has 0 unspecified atom stereocenters. The van der Waals surface area contributed by atoms with Gasteiger partial charge in [0.2, 0.25) is 0 Å². The molecule has 0 fully saturated rings. The van der Waals surface area contributed by atoms with Crippen molar-refractivity contribution < 1.29 is 19.1 Å². The largest absolute Gasteiger partial charge is 0.455 e. The van der Waals surface area contributed by atoms with E-state index in [1.165, 1.54) is 0 Å². The SMILES string of the molecule is CC(C)(C)OC(=O)c1ccc(Br)cn1.Cn1cc(-c2ccc(C(=O)OC(C)(C)C)nc2)cn1. The highest BCUT2D eigenvalue weighted by Gasteiger charge is 2.19. The van der Waals surface area contributed by atoms with E-state index in [9.17, 15) is 9.59 Å². The molecule has 0 aliphatic rings. The quantitative estimate of drug-likeness (QED) is 0.439. The lowest BCUT2D eigenvalue weighted by molar-refractivity contribution is 0.00505. The first kappa shape index (κ1) is 26.2. The molecule has 0 radical (unpaired) electrons. The monoisotopic (exact) mass is 516 g/mol. The summed E-state index contributed by atoms with van der Waals surface area (Å²) in [6.45, 7) is 11.0. The van der Waals surface area contributed by atoms with Gasteiger partial charge in [0, 0.05) is 41.2 Å². The van der Waals surface area contributed by atoms with Crippen molar-refractivity contribution in [1.29, 1.82) is 0 Å². The lowest BCUT2D eigenvalue weighted by atomic mass is 10.1. The lowest BCUT2D eigenvalue weighted by Gasteiger charge is -2.19. The van der Waals surface area contributed by atoms with Gasteiger partial charge in [0.25, 0.3) is 0 Å². The summed E-state index contributed by atoms with van der Waals surface area (Å²) in [7, 11) is 1.85. The zero-order valence-corrected chi connectivity index (χ0v) is 21.5. The number of pyridine rings is 2. The fourth-order valence-corrected chi connectivity index (χ4v) is 2.65. The molecular formula is C24H29BrN4O4. The van der Waals surface area contributed by atoms with Crippen molar-refractivity contribution in [2.24, 2.45) is 7.05 Å². The van der Waals surface area contributed by atoms with Crippen molar-refractivity contribution in [3.05, 3.63) is 64.9 Å². The van der Waals surface area contributed by atoms with E-state index in [-0.39, 0.29) is 0 Å². The maximum atomic E-state index is 11.8. The minimum Gasteiger partial charge on any atom is -0.455 e. The standard InChI is InChI=1S/C14H17N3O2.C10H12BrNO2/c1-14(2,3)19-13(18)12-6-5-10(7-15-12)11-8-16-17(4)9-11;1-10(2,3)14-9(13)8-5-4-7(11)6-12-8/h5-9H,1-4H3;4-6H,1-3H3. The number of ether oxygens (including phenoxy) is 2. The van der Waals surface area contributed by atoms with Crippen LogP contribution in [0.15, 0.2) is 53.5 Å². The molecule has 0 atom stereocenters. The number of rotatable bonds is 3. The first-order valence-corrected chi connectivity index (χ1v) is 11.1. The maximum absolute atomic E-state index is 11.8. The summed E-state index contributed by atoms with van der Waals surface area (Å²) in [5, 5.41) is 4.10. The molecular weight excluding hydrogens is 488 g/mol. The third-order valence-corrected chi connectivity index (χ3v) is 4.21. The molecule has 0 saturated heterocycles. The molecule has 0 aliphatic heterocycles. The summed E-state index contributed by atoms with van der Waals surface area (Å²) in [5.41, 5.74) is 1.52. The van der Waals surface area contributed by atoms with Crippen LogP contribution in [0, 0.1) is 0 Å². The van der Waals surface area contributed by atoms with Gasteiger partial charge in [0.1, 0.15) is 22.6 Å². The third kappa shape index (κ3) is 9.13. The Morgan fingerprint density at radius 3 is 1.67 bits per heavy atom. The number of carbonyl (C=O) groups is 2. The van der Waals surface area contributed by atoms with Gasteiger partial charge in [-0.2, -0.15) is 5.10 Å². The zero-order valence-electron chi connectivity index (χ0n) is 19.9. The Hall–Kier alpha value is -3.07. The highest BCUT2D eigenvalue weighted by Crippen LogP contribution is 2.18. The Kier molecular flexibility index (Phi) is 8.49. The molecule has 9 heteroatoms. The Morgan fingerprint density at radius 1 is 0.788 bits per heavy atom. The van der Waals surface area contributed by atoms with Crippen LogP contribution < -0.4 is 0 Å². The van der Waals surface area contributed by atoms with Gasteiger partial charge in [-0.05, 0) is 75.7 Å². The smallest absolute Gasteiger partial charge is 0.357 e. The Labute approximate surface area is 202 Å². The fraction of sp³-hybridized carbons (Fsp3) is 0.375. The number of nitrogens with zero attached hydrogens (tertiary/aromatic N) is 4. The molecule has 33 heavy (non-hydrogen) atoms. The van der Waals surface area contributed by atoms with Gasteiger partial charge in [-0.15, -0.1) is 0 Å². The van der Waals surface area contributed by atoms with Crippen LogP contribution >= 0.6 is 15.9 Å². The normalized spacial score (nSPS) is 11.3. The molecule has 3 aromatic heterocycles. The predicted octanol–water partition coefficient (Wildman–Crippen LogP) is 5.24. The predicted molar refractivity (Wildman–Crippen MR) is 129 cm³/mol. The molecule has 0 saturated carbocycles. The number of hydrogen-bond acceptors (Lipinski definition) is 7. The topological polar surface area (TPSA) is 96.2 Å². The summed E-state index contributed by atoms with van der Waals surface area (Å²) in [5.74, 6) is -0.810. The summed E-state index contributed by atoms with van der Waals surface area (Å²) in [6.07, 6.45) is 6.86. The van der Waals surface area contributed by atoms with Gasteiger partial charge in [0.05, 0.1) is 6.20 Å². The molecule has 0 aromatic carbocycles. The second-order valence-electron chi connectivity index (χ2n) is 9.20. The van der Waals surface area contributed by atoms with Crippen molar-refractivity contribution in [3.8, 4) is 11.1 Å². The molecule has 0 N–H and O–H groups in total. The van der Waals surface area contributed by atoms with Crippen molar-refractivity contribution in [2.45, 2.75) is 52.7 Å². The molecule has 8 nitrogen and oxygen atoms in total. The van der Waals surface area contributed by atoms with Crippen LogP contribution in [0.25, 0.3) is 11.1 Å². The fourth-order valence-electron chi connectivity index (χ4n) is 2.41. The van der Waals surface area contributed by atoms with E-state index in [1.54, 1.807) is 41.5 Å². The van der Waals surface area contributed by atoms with Crippen molar-refractivity contribution >= 4 is 27.9 Å². The van der Waals surface area contributed by atoms with Crippen LogP contribution in [0.5, 0.6) is 0 Å². The van der Waals surface area contributed by atoms with Crippen molar-refractivity contribution in [1.82, 2.24) is 19.7 Å². The van der Waals surface area contributed by atoms with Crippen LogP contribution in [0.1, 0.15) is 62.5 Å². The Bertz CT molecular complexity index is 1080. The number of halogens is 1. The number of carbonyl (C=O) groups excluding carboxylic acids is 2. The van der Waals surface area contributed by atoms with E-state index in [4.69, 9.17) is 9.47 Å². The second-order valence-corrected chi connectivity index (χ2v) is 10.1. The highest BCUT2D eigenvalue weighted by atomic mass is 79.9. The van der Waals surface area contributed by atoms with E-state index in [1.807, 2.05) is 60.9 Å². The third-order valence-electron chi connectivity index (χ3n) is 3.75. The number of esters is 2. The second kappa shape index (κ2) is 10.7. The summed E-state index contributed by atoms with van der Waals surface area (Å²) in [6, 6.07) is 6.88. The Balaban J connectivity index is 0.000000245.